The van der Waals surface area contributed by atoms with Crippen LogP contribution in [0.1, 0.15) is 24.8 Å². The van der Waals surface area contributed by atoms with Gasteiger partial charge in [-0.05, 0) is 57.9 Å². The van der Waals surface area contributed by atoms with Crippen LogP contribution in [0.3, 0.4) is 0 Å². The second kappa shape index (κ2) is 7.83. The van der Waals surface area contributed by atoms with Gasteiger partial charge in [0.2, 0.25) is 0 Å². The number of para-hydroxylation sites is 1. The van der Waals surface area contributed by atoms with Crippen molar-refractivity contribution < 1.29 is 17.9 Å². The number of piperidine rings is 1. The molecule has 1 saturated heterocycles. The van der Waals surface area contributed by atoms with Gasteiger partial charge < -0.3 is 10.1 Å². The molecule has 0 aliphatic carbocycles. The van der Waals surface area contributed by atoms with Crippen LogP contribution >= 0.6 is 0 Å². The van der Waals surface area contributed by atoms with Crippen molar-refractivity contribution in [3.8, 4) is 5.75 Å². The fraction of sp³-hybridized carbons (Fsp3) is 0.625. The Kier molecular flexibility index (Phi) is 6.08. The summed E-state index contributed by atoms with van der Waals surface area (Å²) < 4.78 is 41.4. The van der Waals surface area contributed by atoms with Gasteiger partial charge in [0, 0.05) is 12.1 Å². The van der Waals surface area contributed by atoms with Gasteiger partial charge in [0.25, 0.3) is 0 Å². The van der Waals surface area contributed by atoms with E-state index in [4.69, 9.17) is 0 Å². The van der Waals surface area contributed by atoms with Crippen LogP contribution < -0.4 is 10.1 Å². The predicted octanol–water partition coefficient (Wildman–Crippen LogP) is 3.41. The van der Waals surface area contributed by atoms with Crippen LogP contribution in [0.5, 0.6) is 5.75 Å². The van der Waals surface area contributed by atoms with Crippen molar-refractivity contribution >= 4 is 0 Å². The smallest absolute Gasteiger partial charge is 0.405 e. The van der Waals surface area contributed by atoms with Crippen molar-refractivity contribution in [3.05, 3.63) is 29.8 Å². The summed E-state index contributed by atoms with van der Waals surface area (Å²) in [7, 11) is 1.95. The van der Waals surface area contributed by atoms with Crippen molar-refractivity contribution in [1.29, 1.82) is 0 Å². The number of rotatable bonds is 6. The van der Waals surface area contributed by atoms with E-state index in [1.54, 1.807) is 18.2 Å². The maximum Gasteiger partial charge on any atom is 0.573 e. The van der Waals surface area contributed by atoms with Gasteiger partial charge in [-0.2, -0.15) is 0 Å². The van der Waals surface area contributed by atoms with E-state index in [-0.39, 0.29) is 5.75 Å². The molecule has 2 rings (SSSR count). The Bertz CT molecular complexity index is 457. The molecular formula is C16H23F3N2O. The zero-order chi connectivity index (χ0) is 16.0. The van der Waals surface area contributed by atoms with Crippen LogP contribution in [0.2, 0.25) is 0 Å². The standard InChI is InChI=1S/C16H23F3N2O/c1-20-9-6-13-7-10-21(11-8-13)12-14-4-2-3-5-15(14)22-16(17,18)19/h2-5,13,20H,6-12H2,1H3. The van der Waals surface area contributed by atoms with Crippen LogP contribution in [0.4, 0.5) is 13.2 Å². The van der Waals surface area contributed by atoms with Crippen molar-refractivity contribution in [1.82, 2.24) is 10.2 Å². The Hall–Kier alpha value is -1.27. The molecule has 0 unspecified atom stereocenters. The number of nitrogens with zero attached hydrogens (tertiary/aromatic N) is 1. The van der Waals surface area contributed by atoms with Gasteiger partial charge in [0.1, 0.15) is 5.75 Å². The summed E-state index contributed by atoms with van der Waals surface area (Å²) in [4.78, 5) is 2.20. The number of alkyl halides is 3. The van der Waals surface area contributed by atoms with Gasteiger partial charge in [-0.25, -0.2) is 0 Å². The minimum atomic E-state index is -4.64. The second-order valence-corrected chi connectivity index (χ2v) is 5.77. The molecule has 0 atom stereocenters. The van der Waals surface area contributed by atoms with Crippen LogP contribution in [-0.4, -0.2) is 37.9 Å². The van der Waals surface area contributed by atoms with Gasteiger partial charge in [-0.3, -0.25) is 4.90 Å². The molecule has 0 saturated carbocycles. The Morgan fingerprint density at radius 3 is 2.55 bits per heavy atom. The van der Waals surface area contributed by atoms with Crippen LogP contribution in [-0.2, 0) is 6.54 Å². The molecule has 0 spiro atoms. The summed E-state index contributed by atoms with van der Waals surface area (Å²) in [6.07, 6.45) is -1.28. The molecule has 0 bridgehead atoms. The van der Waals surface area contributed by atoms with Gasteiger partial charge in [-0.15, -0.1) is 13.2 Å². The summed E-state index contributed by atoms with van der Waals surface area (Å²) in [5.41, 5.74) is 0.591. The van der Waals surface area contributed by atoms with E-state index in [0.29, 0.717) is 18.0 Å². The lowest BCUT2D eigenvalue weighted by molar-refractivity contribution is -0.275. The summed E-state index contributed by atoms with van der Waals surface area (Å²) in [6.45, 7) is 3.38. The van der Waals surface area contributed by atoms with Crippen LogP contribution in [0.15, 0.2) is 24.3 Å². The van der Waals surface area contributed by atoms with Crippen molar-refractivity contribution in [2.75, 3.05) is 26.7 Å². The molecule has 0 radical (unpaired) electrons. The maximum absolute atomic E-state index is 12.4. The summed E-state index contributed by atoms with van der Waals surface area (Å²) in [5, 5.41) is 3.16. The lowest BCUT2D eigenvalue weighted by atomic mass is 9.93. The average Bonchev–Trinajstić information content (AvgIpc) is 2.47. The first-order valence-electron chi connectivity index (χ1n) is 7.68. The molecule has 6 heteroatoms. The van der Waals surface area contributed by atoms with Crippen LogP contribution in [0, 0.1) is 5.92 Å². The average molecular weight is 316 g/mol. The van der Waals surface area contributed by atoms with Gasteiger partial charge >= 0.3 is 6.36 Å². The van der Waals surface area contributed by atoms with Gasteiger partial charge in [-0.1, -0.05) is 18.2 Å². The highest BCUT2D eigenvalue weighted by Gasteiger charge is 2.32. The summed E-state index contributed by atoms with van der Waals surface area (Å²) in [6, 6.07) is 6.39. The highest BCUT2D eigenvalue weighted by molar-refractivity contribution is 5.33. The number of ether oxygens (including phenoxy) is 1. The summed E-state index contributed by atoms with van der Waals surface area (Å²) in [5.74, 6) is 0.623. The van der Waals surface area contributed by atoms with E-state index in [2.05, 4.69) is 15.0 Å². The molecule has 3 nitrogen and oxygen atoms in total. The van der Waals surface area contributed by atoms with Crippen molar-refractivity contribution in [2.24, 2.45) is 5.92 Å². The molecular weight excluding hydrogens is 293 g/mol. The third-order valence-electron chi connectivity index (χ3n) is 4.10. The predicted molar refractivity (Wildman–Crippen MR) is 79.7 cm³/mol. The zero-order valence-corrected chi connectivity index (χ0v) is 12.8. The van der Waals surface area contributed by atoms with E-state index >= 15 is 0 Å². The van der Waals surface area contributed by atoms with E-state index in [1.165, 1.54) is 6.07 Å². The lowest BCUT2D eigenvalue weighted by Crippen LogP contribution is -2.34. The third kappa shape index (κ3) is 5.50. The monoisotopic (exact) mass is 316 g/mol. The summed E-state index contributed by atoms with van der Waals surface area (Å²) >= 11 is 0. The number of hydrogen-bond acceptors (Lipinski definition) is 3. The molecule has 1 aliphatic heterocycles. The molecule has 1 aromatic carbocycles. The normalized spacial score (nSPS) is 17.6. The molecule has 1 N–H and O–H groups in total. The Morgan fingerprint density at radius 1 is 1.23 bits per heavy atom. The molecule has 0 aromatic heterocycles. The Morgan fingerprint density at radius 2 is 1.91 bits per heavy atom. The molecule has 1 fully saturated rings. The number of hydrogen-bond donors (Lipinski definition) is 1. The Labute approximate surface area is 129 Å². The van der Waals surface area contributed by atoms with Gasteiger partial charge in [0.05, 0.1) is 0 Å². The minimum absolute atomic E-state index is 0.0905. The number of benzene rings is 1. The highest BCUT2D eigenvalue weighted by atomic mass is 19.4. The number of likely N-dealkylation sites (tertiary alicyclic amines) is 1. The lowest BCUT2D eigenvalue weighted by Gasteiger charge is -2.32. The number of halogens is 3. The SMILES string of the molecule is CNCCC1CCN(Cc2ccccc2OC(F)(F)F)CC1. The third-order valence-corrected chi connectivity index (χ3v) is 4.10. The van der Waals surface area contributed by atoms with E-state index < -0.39 is 6.36 Å². The van der Waals surface area contributed by atoms with Crippen LogP contribution in [0.25, 0.3) is 0 Å². The quantitative estimate of drug-likeness (QED) is 0.870. The number of nitrogens with one attached hydrogen (secondary N) is 1. The molecule has 1 aromatic rings. The molecule has 0 amide bonds. The van der Waals surface area contributed by atoms with Gasteiger partial charge in [0.15, 0.2) is 0 Å². The zero-order valence-electron chi connectivity index (χ0n) is 12.8. The maximum atomic E-state index is 12.4. The largest absolute Gasteiger partial charge is 0.573 e. The highest BCUT2D eigenvalue weighted by Crippen LogP contribution is 2.28. The fourth-order valence-electron chi connectivity index (χ4n) is 2.88. The molecule has 22 heavy (non-hydrogen) atoms. The minimum Gasteiger partial charge on any atom is -0.405 e. The second-order valence-electron chi connectivity index (χ2n) is 5.77. The van der Waals surface area contributed by atoms with Crippen molar-refractivity contribution in [3.63, 3.8) is 0 Å². The van der Waals surface area contributed by atoms with E-state index in [0.717, 1.165) is 38.9 Å². The topological polar surface area (TPSA) is 24.5 Å². The van der Waals surface area contributed by atoms with E-state index in [9.17, 15) is 13.2 Å². The molecule has 1 heterocycles. The fourth-order valence-corrected chi connectivity index (χ4v) is 2.88. The van der Waals surface area contributed by atoms with Crippen molar-refractivity contribution in [2.45, 2.75) is 32.2 Å². The first-order chi connectivity index (χ1) is 10.5. The first kappa shape index (κ1) is 17.1. The van der Waals surface area contributed by atoms with E-state index in [1.807, 2.05) is 7.05 Å². The molecule has 124 valence electrons. The Balaban J connectivity index is 1.89. The molecule has 1 aliphatic rings. The first-order valence-corrected chi connectivity index (χ1v) is 7.68.